The summed E-state index contributed by atoms with van der Waals surface area (Å²) in [5.41, 5.74) is 0. The molecule has 2 heterocycles. The second kappa shape index (κ2) is 5.66. The van der Waals surface area contributed by atoms with E-state index in [-0.39, 0.29) is 10.8 Å². The van der Waals surface area contributed by atoms with Crippen LogP contribution in [0.5, 0.6) is 0 Å². The summed E-state index contributed by atoms with van der Waals surface area (Å²) in [4.78, 5) is 0. The van der Waals surface area contributed by atoms with Crippen LogP contribution >= 0.6 is 0 Å². The number of halogens is 4. The number of allylic oxidation sites excluding steroid dienone is 4. The van der Waals surface area contributed by atoms with Gasteiger partial charge in [0.1, 0.15) is 22.5 Å². The van der Waals surface area contributed by atoms with Gasteiger partial charge in [-0.05, 0) is 0 Å². The van der Waals surface area contributed by atoms with Crippen LogP contribution in [-0.2, 0) is 28.6 Å². The zero-order chi connectivity index (χ0) is 15.6. The van der Waals surface area contributed by atoms with Gasteiger partial charge in [-0.2, -0.15) is 25.6 Å². The smallest absolute Gasteiger partial charge is 0.337 e. The lowest BCUT2D eigenvalue weighted by molar-refractivity contribution is 0.301. The number of hydrogen-bond acceptors (Lipinski definition) is 6. The van der Waals surface area contributed by atoms with E-state index in [0.29, 0.717) is 12.2 Å². The van der Waals surface area contributed by atoms with Crippen molar-refractivity contribution in [2.75, 3.05) is 0 Å². The maximum absolute atomic E-state index is 12.0. The van der Waals surface area contributed by atoms with Crippen molar-refractivity contribution in [1.82, 2.24) is 0 Å². The summed E-state index contributed by atoms with van der Waals surface area (Å²) in [5, 5.41) is 0.381. The van der Waals surface area contributed by atoms with Crippen molar-refractivity contribution in [2.45, 2.75) is 0 Å². The summed E-state index contributed by atoms with van der Waals surface area (Å²) in [6.45, 7) is 0. The van der Waals surface area contributed by atoms with E-state index in [4.69, 9.17) is 0 Å². The lowest BCUT2D eigenvalue weighted by atomic mass is 10.6. The van der Waals surface area contributed by atoms with Gasteiger partial charge in [-0.25, -0.2) is 8.78 Å². The molecule has 0 aromatic carbocycles. The van der Waals surface area contributed by atoms with E-state index in [2.05, 4.69) is 8.37 Å². The van der Waals surface area contributed by atoms with Gasteiger partial charge in [0.05, 0.1) is 0 Å². The van der Waals surface area contributed by atoms with Crippen molar-refractivity contribution in [2.24, 2.45) is 0 Å². The highest BCUT2D eigenvalue weighted by molar-refractivity contribution is 7.90. The Bertz CT molecular complexity index is 665. The Morgan fingerprint density at radius 3 is 1.20 bits per heavy atom. The minimum absolute atomic E-state index is 0.191. The molecule has 0 spiro atoms. The first kappa shape index (κ1) is 16.2. The number of rotatable bonds is 0. The fraction of sp³-hybridized carbons (Fsp3) is 0. The summed E-state index contributed by atoms with van der Waals surface area (Å²) < 4.78 is 96.0. The van der Waals surface area contributed by atoms with Crippen LogP contribution in [0.2, 0.25) is 0 Å². The molecule has 6 nitrogen and oxygen atoms in total. The fourth-order valence-electron chi connectivity index (χ4n) is 0.879. The third-order valence-corrected chi connectivity index (χ3v) is 3.22. The first-order valence-electron chi connectivity index (χ1n) is 4.37. The molecule has 20 heavy (non-hydrogen) atoms. The standard InChI is InChI=1S/2C4H2F2O3S/c2*5-3-1-4(6)9-10(7,8)2-3/h2*1-2H. The van der Waals surface area contributed by atoms with E-state index < -0.39 is 43.9 Å². The highest BCUT2D eigenvalue weighted by atomic mass is 32.2. The molecule has 2 aliphatic heterocycles. The molecule has 0 saturated carbocycles. The summed E-state index contributed by atoms with van der Waals surface area (Å²) in [6.07, 6.45) is 0.669. The zero-order valence-corrected chi connectivity index (χ0v) is 10.7. The summed E-state index contributed by atoms with van der Waals surface area (Å²) in [6, 6.07) is -2.92. The molecule has 112 valence electrons. The lowest BCUT2D eigenvalue weighted by Gasteiger charge is -2.03. The Kier molecular flexibility index (Phi) is 4.60. The van der Waals surface area contributed by atoms with Gasteiger partial charge in [0.25, 0.3) is 12.0 Å². The van der Waals surface area contributed by atoms with Crippen LogP contribution < -0.4 is 0 Å². The quantitative estimate of drug-likeness (QED) is 0.496. The summed E-state index contributed by atoms with van der Waals surface area (Å²) in [5.74, 6) is -2.35. The zero-order valence-electron chi connectivity index (χ0n) is 9.09. The molecule has 0 amide bonds. The third kappa shape index (κ3) is 5.44. The molecular formula is C8H4F4O6S2. The average molecular weight is 336 g/mol. The Labute approximate surface area is 110 Å². The van der Waals surface area contributed by atoms with Gasteiger partial charge in [-0.1, -0.05) is 0 Å². The predicted octanol–water partition coefficient (Wildman–Crippen LogP) is 1.94. The highest BCUT2D eigenvalue weighted by Gasteiger charge is 2.18. The van der Waals surface area contributed by atoms with Gasteiger partial charge in [0.2, 0.25) is 0 Å². The summed E-state index contributed by atoms with van der Waals surface area (Å²) in [7, 11) is -8.32. The van der Waals surface area contributed by atoms with Gasteiger partial charge in [-0.3, -0.25) is 0 Å². The number of hydrogen-bond donors (Lipinski definition) is 0. The molecule has 2 rings (SSSR count). The lowest BCUT2D eigenvalue weighted by Crippen LogP contribution is -2.03. The second-order valence-corrected chi connectivity index (χ2v) is 5.83. The maximum atomic E-state index is 12.0. The minimum Gasteiger partial charge on any atom is -0.349 e. The van der Waals surface area contributed by atoms with Gasteiger partial charge >= 0.3 is 20.2 Å². The highest BCUT2D eigenvalue weighted by Crippen LogP contribution is 2.19. The topological polar surface area (TPSA) is 86.7 Å². The van der Waals surface area contributed by atoms with Crippen molar-refractivity contribution in [3.05, 3.63) is 46.6 Å². The van der Waals surface area contributed by atoms with E-state index in [1.165, 1.54) is 0 Å². The van der Waals surface area contributed by atoms with E-state index in [0.717, 1.165) is 0 Å². The fourth-order valence-corrected chi connectivity index (χ4v) is 2.20. The Hall–Kier alpha value is -1.82. The maximum Gasteiger partial charge on any atom is 0.337 e. The van der Waals surface area contributed by atoms with Gasteiger partial charge < -0.3 is 8.37 Å². The van der Waals surface area contributed by atoms with Crippen molar-refractivity contribution >= 4 is 20.2 Å². The van der Waals surface area contributed by atoms with Crippen molar-refractivity contribution < 1.29 is 42.8 Å². The normalized spacial score (nSPS) is 22.6. The first-order valence-corrected chi connectivity index (χ1v) is 7.31. The molecule has 12 heteroatoms. The average Bonchev–Trinajstić information content (AvgIpc) is 2.08. The SMILES string of the molecule is O=S1(=O)C=C(F)C=C(F)O1.O=S1(=O)C=C(F)C=C(F)O1. The van der Waals surface area contributed by atoms with Crippen molar-refractivity contribution in [3.8, 4) is 0 Å². The molecule has 0 aromatic rings. The molecule has 0 N–H and O–H groups in total. The van der Waals surface area contributed by atoms with Crippen LogP contribution in [0.1, 0.15) is 0 Å². The molecule has 2 aliphatic rings. The van der Waals surface area contributed by atoms with E-state index in [1.54, 1.807) is 0 Å². The monoisotopic (exact) mass is 336 g/mol. The Morgan fingerprint density at radius 2 is 1.00 bits per heavy atom. The van der Waals surface area contributed by atoms with Crippen LogP contribution in [0.4, 0.5) is 17.6 Å². The van der Waals surface area contributed by atoms with Gasteiger partial charge in [-0.15, -0.1) is 0 Å². The molecule has 0 bridgehead atoms. The van der Waals surface area contributed by atoms with Crippen LogP contribution in [0, 0.1) is 0 Å². The minimum atomic E-state index is -4.16. The van der Waals surface area contributed by atoms with E-state index in [9.17, 15) is 34.4 Å². The Balaban J connectivity index is 0.000000200. The molecular weight excluding hydrogens is 332 g/mol. The van der Waals surface area contributed by atoms with Crippen LogP contribution in [0.15, 0.2) is 46.6 Å². The van der Waals surface area contributed by atoms with Crippen LogP contribution in [-0.4, -0.2) is 16.8 Å². The Morgan fingerprint density at radius 1 is 0.700 bits per heavy atom. The molecule has 0 radical (unpaired) electrons. The molecule has 0 aliphatic carbocycles. The van der Waals surface area contributed by atoms with Crippen LogP contribution in [0.3, 0.4) is 0 Å². The van der Waals surface area contributed by atoms with Gasteiger partial charge in [0, 0.05) is 12.2 Å². The van der Waals surface area contributed by atoms with Crippen molar-refractivity contribution in [1.29, 1.82) is 0 Å². The molecule has 0 fully saturated rings. The van der Waals surface area contributed by atoms with Crippen molar-refractivity contribution in [3.63, 3.8) is 0 Å². The molecule has 0 unspecified atom stereocenters. The first-order chi connectivity index (χ1) is 8.99. The van der Waals surface area contributed by atoms with Crippen LogP contribution in [0.25, 0.3) is 0 Å². The predicted molar refractivity (Wildman–Crippen MR) is 56.8 cm³/mol. The van der Waals surface area contributed by atoms with E-state index in [1.807, 2.05) is 0 Å². The largest absolute Gasteiger partial charge is 0.349 e. The molecule has 0 atom stereocenters. The van der Waals surface area contributed by atoms with Gasteiger partial charge in [0.15, 0.2) is 0 Å². The molecule has 0 aromatic heterocycles. The second-order valence-electron chi connectivity index (χ2n) is 3.05. The third-order valence-electron chi connectivity index (χ3n) is 1.41. The molecule has 0 saturated heterocycles. The van der Waals surface area contributed by atoms with E-state index >= 15 is 0 Å². The summed E-state index contributed by atoms with van der Waals surface area (Å²) >= 11 is 0.